The molecule has 6 heteroatoms. The Balaban J connectivity index is 1.46. The third-order valence-corrected chi connectivity index (χ3v) is 5.78. The van der Waals surface area contributed by atoms with Crippen LogP contribution in [0.5, 0.6) is 5.75 Å². The SMILES string of the molecule is CCCc1ccc(C#Cc2ccc3c(F)c(CCc4ccc(OC(F)(F)F)c(F)c4)ccc3c2)cc1. The van der Waals surface area contributed by atoms with E-state index < -0.39 is 17.9 Å². The number of hydrogen-bond acceptors (Lipinski definition) is 1. The fraction of sp³-hybridized carbons (Fsp3) is 0.200. The molecule has 0 saturated carbocycles. The lowest BCUT2D eigenvalue weighted by Gasteiger charge is -2.11. The molecule has 4 aromatic rings. The van der Waals surface area contributed by atoms with Crippen LogP contribution in [0.1, 0.15) is 41.2 Å². The number of rotatable bonds is 6. The molecule has 184 valence electrons. The van der Waals surface area contributed by atoms with Gasteiger partial charge in [0.05, 0.1) is 0 Å². The van der Waals surface area contributed by atoms with Crippen LogP contribution in [0.25, 0.3) is 10.8 Å². The Labute approximate surface area is 206 Å². The van der Waals surface area contributed by atoms with Gasteiger partial charge in [0.25, 0.3) is 0 Å². The summed E-state index contributed by atoms with van der Waals surface area (Å²) in [5.41, 5.74) is 3.83. The summed E-state index contributed by atoms with van der Waals surface area (Å²) in [6, 6.07) is 20.1. The fourth-order valence-corrected chi connectivity index (χ4v) is 3.98. The second kappa shape index (κ2) is 10.8. The molecule has 0 radical (unpaired) electrons. The molecule has 4 aromatic carbocycles. The number of fused-ring (bicyclic) bond motifs is 1. The molecule has 0 heterocycles. The van der Waals surface area contributed by atoms with E-state index in [4.69, 9.17) is 0 Å². The number of aryl methyl sites for hydroxylation is 3. The van der Waals surface area contributed by atoms with Crippen molar-refractivity contribution in [3.63, 3.8) is 0 Å². The molecule has 0 N–H and O–H groups in total. The second-order valence-electron chi connectivity index (χ2n) is 8.48. The minimum atomic E-state index is -4.97. The molecule has 1 nitrogen and oxygen atoms in total. The van der Waals surface area contributed by atoms with Crippen LogP contribution in [0, 0.1) is 23.5 Å². The lowest BCUT2D eigenvalue weighted by Crippen LogP contribution is -2.18. The Morgan fingerprint density at radius 2 is 1.42 bits per heavy atom. The van der Waals surface area contributed by atoms with E-state index >= 15 is 4.39 Å². The van der Waals surface area contributed by atoms with Gasteiger partial charge in [-0.05, 0) is 77.7 Å². The zero-order valence-electron chi connectivity index (χ0n) is 19.6. The van der Waals surface area contributed by atoms with Gasteiger partial charge in [-0.3, -0.25) is 0 Å². The Bertz CT molecular complexity index is 1430. The van der Waals surface area contributed by atoms with E-state index in [1.807, 2.05) is 18.2 Å². The van der Waals surface area contributed by atoms with Crippen molar-refractivity contribution in [2.24, 2.45) is 0 Å². The lowest BCUT2D eigenvalue weighted by atomic mass is 9.99. The number of halogens is 5. The Morgan fingerprint density at radius 3 is 2.11 bits per heavy atom. The van der Waals surface area contributed by atoms with Gasteiger partial charge >= 0.3 is 6.36 Å². The predicted molar refractivity (Wildman–Crippen MR) is 131 cm³/mol. The van der Waals surface area contributed by atoms with E-state index in [9.17, 15) is 17.6 Å². The molecule has 36 heavy (non-hydrogen) atoms. The summed E-state index contributed by atoms with van der Waals surface area (Å²) < 4.78 is 69.6. The third-order valence-electron chi connectivity index (χ3n) is 5.78. The highest BCUT2D eigenvalue weighted by atomic mass is 19.4. The molecule has 0 aliphatic carbocycles. The highest BCUT2D eigenvalue weighted by Crippen LogP contribution is 2.27. The van der Waals surface area contributed by atoms with Crippen molar-refractivity contribution in [2.75, 3.05) is 0 Å². The van der Waals surface area contributed by atoms with Crippen LogP contribution in [-0.2, 0) is 19.3 Å². The van der Waals surface area contributed by atoms with Gasteiger partial charge in [0.2, 0.25) is 0 Å². The maximum atomic E-state index is 15.1. The van der Waals surface area contributed by atoms with Crippen LogP contribution in [0.2, 0.25) is 0 Å². The molecule has 0 fully saturated rings. The van der Waals surface area contributed by atoms with Gasteiger partial charge in [-0.25, -0.2) is 8.78 Å². The summed E-state index contributed by atoms with van der Waals surface area (Å²) in [7, 11) is 0. The summed E-state index contributed by atoms with van der Waals surface area (Å²) in [6.07, 6.45) is -2.33. The van der Waals surface area contributed by atoms with Crippen LogP contribution in [-0.4, -0.2) is 6.36 Å². The average Bonchev–Trinajstić information content (AvgIpc) is 2.84. The fourth-order valence-electron chi connectivity index (χ4n) is 3.98. The molecule has 4 rings (SSSR count). The van der Waals surface area contributed by atoms with Gasteiger partial charge < -0.3 is 4.74 Å². The summed E-state index contributed by atoms with van der Waals surface area (Å²) >= 11 is 0. The van der Waals surface area contributed by atoms with E-state index in [1.54, 1.807) is 24.3 Å². The largest absolute Gasteiger partial charge is 0.573 e. The molecule has 0 aliphatic rings. The molecule has 0 unspecified atom stereocenters. The maximum Gasteiger partial charge on any atom is 0.573 e. The first-order chi connectivity index (χ1) is 17.2. The van der Waals surface area contributed by atoms with Gasteiger partial charge in [-0.2, -0.15) is 0 Å². The molecular formula is C30H23F5O. The Hall–Kier alpha value is -3.85. The normalized spacial score (nSPS) is 11.3. The number of benzene rings is 4. The maximum absolute atomic E-state index is 15.1. The van der Waals surface area contributed by atoms with E-state index in [0.29, 0.717) is 21.9 Å². The van der Waals surface area contributed by atoms with Gasteiger partial charge in [0.1, 0.15) is 5.82 Å². The molecule has 0 aliphatic heterocycles. The van der Waals surface area contributed by atoms with Gasteiger partial charge in [-0.15, -0.1) is 13.2 Å². The first-order valence-corrected chi connectivity index (χ1v) is 11.6. The van der Waals surface area contributed by atoms with Crippen LogP contribution >= 0.6 is 0 Å². The predicted octanol–water partition coefficient (Wildman–Crippen LogP) is 8.15. The zero-order valence-corrected chi connectivity index (χ0v) is 19.6. The van der Waals surface area contributed by atoms with Crippen LogP contribution in [0.3, 0.4) is 0 Å². The Morgan fingerprint density at radius 1 is 0.722 bits per heavy atom. The standard InChI is InChI=1S/C30H23F5O/c1-2-3-20-4-6-21(7-5-20)8-9-22-11-16-26-25(18-22)15-14-24(29(26)32)13-10-23-12-17-28(27(31)19-23)36-30(33,34)35/h4-7,11-12,14-19H,2-3,10,13H2,1H3. The monoisotopic (exact) mass is 494 g/mol. The molecule has 0 aromatic heterocycles. The first-order valence-electron chi connectivity index (χ1n) is 11.6. The number of alkyl halides is 3. The second-order valence-corrected chi connectivity index (χ2v) is 8.48. The molecule has 0 amide bonds. The molecule has 0 atom stereocenters. The van der Waals surface area contributed by atoms with Gasteiger partial charge in [-0.1, -0.05) is 61.6 Å². The highest BCUT2D eigenvalue weighted by molar-refractivity contribution is 5.85. The van der Waals surface area contributed by atoms with Crippen LogP contribution in [0.15, 0.2) is 72.8 Å². The van der Waals surface area contributed by atoms with Crippen LogP contribution in [0.4, 0.5) is 22.0 Å². The molecule has 0 saturated heterocycles. The van der Waals surface area contributed by atoms with Crippen molar-refractivity contribution in [2.45, 2.75) is 39.0 Å². The summed E-state index contributed by atoms with van der Waals surface area (Å²) in [5, 5.41) is 1.16. The van der Waals surface area contributed by atoms with Crippen molar-refractivity contribution < 1.29 is 26.7 Å². The zero-order chi connectivity index (χ0) is 25.7. The molecule has 0 bridgehead atoms. The third kappa shape index (κ3) is 6.42. The summed E-state index contributed by atoms with van der Waals surface area (Å²) in [6.45, 7) is 2.14. The summed E-state index contributed by atoms with van der Waals surface area (Å²) in [5.74, 6) is 3.87. The van der Waals surface area contributed by atoms with Gasteiger partial charge in [0.15, 0.2) is 11.6 Å². The average molecular weight is 495 g/mol. The molecular weight excluding hydrogens is 471 g/mol. The van der Waals surface area contributed by atoms with E-state index in [0.717, 1.165) is 36.1 Å². The number of ether oxygens (including phenoxy) is 1. The minimum Gasteiger partial charge on any atom is -0.403 e. The first kappa shape index (κ1) is 25.2. The van der Waals surface area contributed by atoms with E-state index in [-0.39, 0.29) is 18.7 Å². The topological polar surface area (TPSA) is 9.23 Å². The van der Waals surface area contributed by atoms with E-state index in [2.05, 4.69) is 35.6 Å². The van der Waals surface area contributed by atoms with E-state index in [1.165, 1.54) is 11.6 Å². The van der Waals surface area contributed by atoms with Crippen molar-refractivity contribution in [3.05, 3.63) is 112 Å². The summed E-state index contributed by atoms with van der Waals surface area (Å²) in [4.78, 5) is 0. The number of hydrogen-bond donors (Lipinski definition) is 0. The highest BCUT2D eigenvalue weighted by Gasteiger charge is 2.32. The minimum absolute atomic E-state index is 0.256. The quantitative estimate of drug-likeness (QED) is 0.194. The van der Waals surface area contributed by atoms with Gasteiger partial charge in [0, 0.05) is 16.5 Å². The Kier molecular flexibility index (Phi) is 7.59. The van der Waals surface area contributed by atoms with Crippen LogP contribution < -0.4 is 4.74 Å². The smallest absolute Gasteiger partial charge is 0.403 e. The molecule has 0 spiro atoms. The van der Waals surface area contributed by atoms with Crippen molar-refractivity contribution in [1.29, 1.82) is 0 Å². The van der Waals surface area contributed by atoms with Crippen molar-refractivity contribution in [1.82, 2.24) is 0 Å². The van der Waals surface area contributed by atoms with Crippen molar-refractivity contribution >= 4 is 10.8 Å². The van der Waals surface area contributed by atoms with Crippen molar-refractivity contribution in [3.8, 4) is 17.6 Å². The lowest BCUT2D eigenvalue weighted by molar-refractivity contribution is -0.275.